The monoisotopic (exact) mass is 413 g/mol. The largest absolute Gasteiger partial charge is 0.494 e. The molecule has 1 N–H and O–H groups in total. The van der Waals surface area contributed by atoms with Gasteiger partial charge < -0.3 is 10.1 Å². The second kappa shape index (κ2) is 9.26. The van der Waals surface area contributed by atoms with Crippen molar-refractivity contribution in [3.63, 3.8) is 0 Å². The third-order valence-electron chi connectivity index (χ3n) is 4.99. The molecule has 6 heteroatoms. The minimum Gasteiger partial charge on any atom is -0.494 e. The number of fused-ring (bicyclic) bond motifs is 1. The van der Waals surface area contributed by atoms with Gasteiger partial charge in [-0.1, -0.05) is 30.3 Å². The lowest BCUT2D eigenvalue weighted by atomic mass is 10.1. The third-order valence-corrected chi connectivity index (χ3v) is 4.99. The summed E-state index contributed by atoms with van der Waals surface area (Å²) in [5, 5.41) is 4.97. The minimum absolute atomic E-state index is 0.168. The van der Waals surface area contributed by atoms with E-state index in [2.05, 4.69) is 10.3 Å². The van der Waals surface area contributed by atoms with Crippen molar-refractivity contribution in [1.82, 2.24) is 14.9 Å². The summed E-state index contributed by atoms with van der Waals surface area (Å²) >= 11 is 0. The average Bonchev–Trinajstić information content (AvgIpc) is 2.80. The zero-order valence-corrected chi connectivity index (χ0v) is 17.2. The van der Waals surface area contributed by atoms with E-state index >= 15 is 0 Å². The van der Waals surface area contributed by atoms with Gasteiger partial charge in [-0.3, -0.25) is 14.2 Å². The van der Waals surface area contributed by atoms with Crippen LogP contribution in [-0.2, 0) is 6.54 Å². The standard InChI is InChI=1S/C25H23N3O3/c1-2-31-22-11-9-19(10-12-22)23-16-24(29)28(17-27-23)14-13-26-25(30)21-8-7-18-5-3-4-6-20(18)15-21/h3-12,15-17H,2,13-14H2,1H3,(H,26,30). The van der Waals surface area contributed by atoms with Crippen LogP contribution in [0.25, 0.3) is 22.0 Å². The van der Waals surface area contributed by atoms with E-state index in [0.29, 0.717) is 31.0 Å². The van der Waals surface area contributed by atoms with Gasteiger partial charge in [-0.05, 0) is 54.1 Å². The van der Waals surface area contributed by atoms with Crippen molar-refractivity contribution in [2.45, 2.75) is 13.5 Å². The Hall–Kier alpha value is -3.93. The molecular weight excluding hydrogens is 390 g/mol. The number of benzene rings is 3. The van der Waals surface area contributed by atoms with E-state index in [4.69, 9.17) is 4.74 Å². The lowest BCUT2D eigenvalue weighted by Crippen LogP contribution is -2.30. The van der Waals surface area contributed by atoms with Crippen LogP contribution in [0.1, 0.15) is 17.3 Å². The van der Waals surface area contributed by atoms with E-state index in [1.807, 2.05) is 67.6 Å². The van der Waals surface area contributed by atoms with Gasteiger partial charge in [0.15, 0.2) is 0 Å². The van der Waals surface area contributed by atoms with Gasteiger partial charge >= 0.3 is 0 Å². The van der Waals surface area contributed by atoms with Gasteiger partial charge in [-0.15, -0.1) is 0 Å². The minimum atomic E-state index is -0.169. The number of ether oxygens (including phenoxy) is 1. The summed E-state index contributed by atoms with van der Waals surface area (Å²) < 4.78 is 6.92. The number of aromatic nitrogens is 2. The number of hydrogen-bond donors (Lipinski definition) is 1. The van der Waals surface area contributed by atoms with Gasteiger partial charge in [0.1, 0.15) is 5.75 Å². The molecule has 0 saturated carbocycles. The maximum absolute atomic E-state index is 12.5. The zero-order valence-electron chi connectivity index (χ0n) is 17.2. The van der Waals surface area contributed by atoms with Crippen LogP contribution < -0.4 is 15.6 Å². The van der Waals surface area contributed by atoms with Gasteiger partial charge in [-0.25, -0.2) is 4.98 Å². The smallest absolute Gasteiger partial charge is 0.253 e. The van der Waals surface area contributed by atoms with E-state index in [1.165, 1.54) is 17.0 Å². The van der Waals surface area contributed by atoms with Crippen LogP contribution in [0, 0.1) is 0 Å². The first-order valence-electron chi connectivity index (χ1n) is 10.2. The number of rotatable bonds is 7. The number of nitrogens with zero attached hydrogens (tertiary/aromatic N) is 2. The fourth-order valence-electron chi connectivity index (χ4n) is 3.36. The molecule has 0 aliphatic heterocycles. The predicted octanol–water partition coefficient (Wildman–Crippen LogP) is 3.89. The van der Waals surface area contributed by atoms with E-state index in [0.717, 1.165) is 22.1 Å². The molecule has 0 aliphatic rings. The first-order chi connectivity index (χ1) is 15.1. The topological polar surface area (TPSA) is 73.2 Å². The SMILES string of the molecule is CCOc1ccc(-c2cc(=O)n(CCNC(=O)c3ccc4ccccc4c3)cn2)cc1. The van der Waals surface area contributed by atoms with Crippen molar-refractivity contribution in [3.05, 3.63) is 95.0 Å². The van der Waals surface area contributed by atoms with Gasteiger partial charge in [0.05, 0.1) is 18.6 Å². The second-order valence-corrected chi connectivity index (χ2v) is 7.08. The maximum atomic E-state index is 12.5. The van der Waals surface area contributed by atoms with Crippen molar-refractivity contribution >= 4 is 16.7 Å². The highest BCUT2D eigenvalue weighted by Crippen LogP contribution is 2.19. The summed E-state index contributed by atoms with van der Waals surface area (Å²) in [7, 11) is 0. The van der Waals surface area contributed by atoms with Gasteiger partial charge in [0, 0.05) is 30.3 Å². The van der Waals surface area contributed by atoms with Crippen molar-refractivity contribution in [2.24, 2.45) is 0 Å². The molecule has 1 amide bonds. The van der Waals surface area contributed by atoms with Gasteiger partial charge in [0.25, 0.3) is 11.5 Å². The Kier molecular flexibility index (Phi) is 6.08. The van der Waals surface area contributed by atoms with Crippen LogP contribution in [0.4, 0.5) is 0 Å². The molecule has 0 atom stereocenters. The lowest BCUT2D eigenvalue weighted by molar-refractivity contribution is 0.0952. The average molecular weight is 413 g/mol. The summed E-state index contributed by atoms with van der Waals surface area (Å²) in [5.74, 6) is 0.611. The highest BCUT2D eigenvalue weighted by Gasteiger charge is 2.07. The fraction of sp³-hybridized carbons (Fsp3) is 0.160. The van der Waals surface area contributed by atoms with Crippen LogP contribution in [0.15, 0.2) is 83.9 Å². The number of carbonyl (C=O) groups is 1. The summed E-state index contributed by atoms with van der Waals surface area (Å²) in [6.45, 7) is 3.20. The fourth-order valence-corrected chi connectivity index (χ4v) is 3.36. The van der Waals surface area contributed by atoms with Gasteiger partial charge in [-0.2, -0.15) is 0 Å². The molecule has 0 fully saturated rings. The zero-order chi connectivity index (χ0) is 21.6. The quantitative estimate of drug-likeness (QED) is 0.499. The van der Waals surface area contributed by atoms with E-state index in [-0.39, 0.29) is 11.5 Å². The molecular formula is C25H23N3O3. The number of amides is 1. The number of hydrogen-bond acceptors (Lipinski definition) is 4. The first kappa shape index (κ1) is 20.3. The second-order valence-electron chi connectivity index (χ2n) is 7.08. The highest BCUT2D eigenvalue weighted by atomic mass is 16.5. The Bertz CT molecular complexity index is 1260. The van der Waals surface area contributed by atoms with Crippen LogP contribution in [0.2, 0.25) is 0 Å². The molecule has 1 heterocycles. The first-order valence-corrected chi connectivity index (χ1v) is 10.2. The molecule has 6 nitrogen and oxygen atoms in total. The van der Waals surface area contributed by atoms with Crippen molar-refractivity contribution in [2.75, 3.05) is 13.2 Å². The maximum Gasteiger partial charge on any atom is 0.253 e. The van der Waals surface area contributed by atoms with Crippen molar-refractivity contribution in [1.29, 1.82) is 0 Å². The van der Waals surface area contributed by atoms with Crippen LogP contribution >= 0.6 is 0 Å². The molecule has 156 valence electrons. The van der Waals surface area contributed by atoms with Crippen LogP contribution in [0.5, 0.6) is 5.75 Å². The molecule has 4 rings (SSSR count). The molecule has 31 heavy (non-hydrogen) atoms. The molecule has 3 aromatic carbocycles. The molecule has 0 unspecified atom stereocenters. The van der Waals surface area contributed by atoms with Crippen molar-refractivity contribution in [3.8, 4) is 17.0 Å². The molecule has 0 radical (unpaired) electrons. The van der Waals surface area contributed by atoms with Gasteiger partial charge in [0.2, 0.25) is 0 Å². The third kappa shape index (κ3) is 4.80. The van der Waals surface area contributed by atoms with E-state index in [1.54, 1.807) is 6.07 Å². The summed E-state index contributed by atoms with van der Waals surface area (Å²) in [6.07, 6.45) is 1.51. The summed E-state index contributed by atoms with van der Waals surface area (Å²) in [4.78, 5) is 29.3. The Morgan fingerprint density at radius 3 is 2.52 bits per heavy atom. The summed E-state index contributed by atoms with van der Waals surface area (Å²) in [6, 6.07) is 22.5. The van der Waals surface area contributed by atoms with Crippen molar-refractivity contribution < 1.29 is 9.53 Å². The number of nitrogens with one attached hydrogen (secondary N) is 1. The Morgan fingerprint density at radius 2 is 1.77 bits per heavy atom. The van der Waals surface area contributed by atoms with Crippen LogP contribution in [0.3, 0.4) is 0 Å². The normalized spacial score (nSPS) is 10.7. The molecule has 0 spiro atoms. The molecule has 0 saturated heterocycles. The van der Waals surface area contributed by atoms with E-state index in [9.17, 15) is 9.59 Å². The lowest BCUT2D eigenvalue weighted by Gasteiger charge is -2.09. The molecule has 0 aliphatic carbocycles. The van der Waals surface area contributed by atoms with Crippen LogP contribution in [-0.4, -0.2) is 28.6 Å². The Labute approximate surface area is 180 Å². The predicted molar refractivity (Wildman–Crippen MR) is 121 cm³/mol. The Balaban J connectivity index is 1.38. The molecule has 0 bridgehead atoms. The molecule has 4 aromatic rings. The molecule has 1 aromatic heterocycles. The van der Waals surface area contributed by atoms with E-state index < -0.39 is 0 Å². The summed E-state index contributed by atoms with van der Waals surface area (Å²) in [5.41, 5.74) is 1.87. The number of carbonyl (C=O) groups excluding carboxylic acids is 1. The highest BCUT2D eigenvalue weighted by molar-refractivity contribution is 5.98. The Morgan fingerprint density at radius 1 is 1.00 bits per heavy atom.